The molecule has 0 bridgehead atoms. The van der Waals surface area contributed by atoms with E-state index in [2.05, 4.69) is 44.3 Å². The fourth-order valence-corrected chi connectivity index (χ4v) is 4.98. The molecule has 0 aliphatic carbocycles. The van der Waals surface area contributed by atoms with Crippen molar-refractivity contribution in [3.8, 4) is 5.75 Å². The number of aryl methyl sites for hydroxylation is 1. The molecule has 4 N–H and O–H groups in total. The Morgan fingerprint density at radius 1 is 1.14 bits per heavy atom. The van der Waals surface area contributed by atoms with Crippen molar-refractivity contribution >= 4 is 5.91 Å². The molecule has 1 fully saturated rings. The molecule has 7 heteroatoms. The Hall–Kier alpha value is -1.67. The van der Waals surface area contributed by atoms with Crippen LogP contribution in [-0.4, -0.2) is 62.7 Å². The predicted octanol–water partition coefficient (Wildman–Crippen LogP) is 4.26. The first-order valence-electron chi connectivity index (χ1n) is 14.1. The number of amides is 1. The Labute approximate surface area is 224 Å². The van der Waals surface area contributed by atoms with E-state index in [1.807, 2.05) is 13.8 Å². The zero-order valence-electron chi connectivity index (χ0n) is 24.0. The Morgan fingerprint density at radius 2 is 1.84 bits per heavy atom. The number of carbonyl (C=O) groups is 1. The van der Waals surface area contributed by atoms with Crippen LogP contribution in [0.5, 0.6) is 5.75 Å². The molecule has 1 aliphatic heterocycles. The molecule has 7 nitrogen and oxygen atoms in total. The first-order valence-corrected chi connectivity index (χ1v) is 14.1. The molecular formula is C30H52N2O5. The number of ether oxygens (including phenoxy) is 3. The Morgan fingerprint density at radius 3 is 2.46 bits per heavy atom. The summed E-state index contributed by atoms with van der Waals surface area (Å²) in [6, 6.07) is 6.16. The zero-order chi connectivity index (χ0) is 27.4. The maximum absolute atomic E-state index is 13.0. The minimum atomic E-state index is -0.730. The van der Waals surface area contributed by atoms with Gasteiger partial charge in [0.2, 0.25) is 5.91 Å². The molecule has 1 heterocycles. The minimum Gasteiger partial charge on any atom is -0.493 e. The SMILES string of the molecule is COCCCOc1cc(CC(CC(N)C(O)CC(C(=O)NC2CCOCC2)C(C)C)C(C)C)ccc1C. The van der Waals surface area contributed by atoms with Crippen LogP contribution in [0.15, 0.2) is 18.2 Å². The number of methoxy groups -OCH3 is 1. The van der Waals surface area contributed by atoms with Crippen LogP contribution in [0.3, 0.4) is 0 Å². The van der Waals surface area contributed by atoms with E-state index in [0.717, 1.165) is 37.0 Å². The van der Waals surface area contributed by atoms with Crippen LogP contribution in [0.25, 0.3) is 0 Å². The van der Waals surface area contributed by atoms with Crippen molar-refractivity contribution in [2.75, 3.05) is 33.5 Å². The highest BCUT2D eigenvalue weighted by molar-refractivity contribution is 5.79. The number of nitrogens with one attached hydrogen (secondary N) is 1. The molecule has 0 spiro atoms. The van der Waals surface area contributed by atoms with E-state index in [-0.39, 0.29) is 29.8 Å². The van der Waals surface area contributed by atoms with Gasteiger partial charge in [0, 0.05) is 51.4 Å². The second kappa shape index (κ2) is 16.3. The van der Waals surface area contributed by atoms with Gasteiger partial charge in [-0.25, -0.2) is 0 Å². The van der Waals surface area contributed by atoms with Crippen molar-refractivity contribution in [1.29, 1.82) is 0 Å². The van der Waals surface area contributed by atoms with Crippen molar-refractivity contribution in [3.05, 3.63) is 29.3 Å². The van der Waals surface area contributed by atoms with Crippen LogP contribution >= 0.6 is 0 Å². The van der Waals surface area contributed by atoms with Crippen LogP contribution in [-0.2, 0) is 20.7 Å². The lowest BCUT2D eigenvalue weighted by Crippen LogP contribution is -2.46. The van der Waals surface area contributed by atoms with E-state index in [4.69, 9.17) is 19.9 Å². The van der Waals surface area contributed by atoms with Gasteiger partial charge in [-0.05, 0) is 74.0 Å². The molecule has 1 aliphatic rings. The van der Waals surface area contributed by atoms with Gasteiger partial charge in [0.15, 0.2) is 0 Å². The van der Waals surface area contributed by atoms with Crippen LogP contribution in [0.1, 0.15) is 70.9 Å². The van der Waals surface area contributed by atoms with Gasteiger partial charge in [0.1, 0.15) is 5.75 Å². The molecule has 0 aromatic heterocycles. The summed E-state index contributed by atoms with van der Waals surface area (Å²) >= 11 is 0. The normalized spacial score (nSPS) is 18.0. The Balaban J connectivity index is 1.97. The summed E-state index contributed by atoms with van der Waals surface area (Å²) in [6.07, 6.45) is 3.75. The molecule has 4 unspecified atom stereocenters. The quantitative estimate of drug-likeness (QED) is 0.282. The molecule has 2 rings (SSSR count). The summed E-state index contributed by atoms with van der Waals surface area (Å²) in [4.78, 5) is 13.0. The summed E-state index contributed by atoms with van der Waals surface area (Å²) in [6.45, 7) is 13.2. The maximum atomic E-state index is 13.0. The monoisotopic (exact) mass is 520 g/mol. The first-order chi connectivity index (χ1) is 17.6. The fourth-order valence-electron chi connectivity index (χ4n) is 4.98. The lowest BCUT2D eigenvalue weighted by atomic mass is 9.80. The standard InChI is InChI=1S/C30H52N2O5/c1-20(2)24(16-23-9-8-22(5)29(17-23)37-13-7-12-35-6)18-27(31)28(33)19-26(21(3)4)30(34)32-25-10-14-36-15-11-25/h8-9,17,20-21,24-28,33H,7,10-16,18-19,31H2,1-6H3,(H,32,34). The van der Waals surface area contributed by atoms with Gasteiger partial charge in [-0.1, -0.05) is 39.8 Å². The van der Waals surface area contributed by atoms with Crippen molar-refractivity contribution in [1.82, 2.24) is 5.32 Å². The highest BCUT2D eigenvalue weighted by Crippen LogP contribution is 2.28. The van der Waals surface area contributed by atoms with E-state index in [1.54, 1.807) is 7.11 Å². The number of hydrogen-bond acceptors (Lipinski definition) is 6. The van der Waals surface area contributed by atoms with E-state index >= 15 is 0 Å². The van der Waals surface area contributed by atoms with Crippen LogP contribution in [0, 0.1) is 30.6 Å². The largest absolute Gasteiger partial charge is 0.493 e. The molecule has 1 aromatic carbocycles. The summed E-state index contributed by atoms with van der Waals surface area (Å²) in [7, 11) is 1.70. The number of benzene rings is 1. The van der Waals surface area contributed by atoms with Crippen molar-refractivity contribution in [2.24, 2.45) is 29.4 Å². The molecular weight excluding hydrogens is 468 g/mol. The molecule has 1 aromatic rings. The molecule has 37 heavy (non-hydrogen) atoms. The number of aliphatic hydroxyl groups excluding tert-OH is 1. The van der Waals surface area contributed by atoms with Gasteiger partial charge >= 0.3 is 0 Å². The number of aliphatic hydroxyl groups is 1. The highest BCUT2D eigenvalue weighted by atomic mass is 16.5. The van der Waals surface area contributed by atoms with Crippen molar-refractivity contribution < 1.29 is 24.1 Å². The fraction of sp³-hybridized carbons (Fsp3) is 0.767. The number of rotatable bonds is 16. The topological polar surface area (TPSA) is 103 Å². The van der Waals surface area contributed by atoms with Crippen LogP contribution < -0.4 is 15.8 Å². The molecule has 212 valence electrons. The van der Waals surface area contributed by atoms with Gasteiger partial charge < -0.3 is 30.4 Å². The summed E-state index contributed by atoms with van der Waals surface area (Å²) in [5.41, 5.74) is 8.89. The zero-order valence-corrected chi connectivity index (χ0v) is 24.0. The first kappa shape index (κ1) is 31.5. The predicted molar refractivity (Wildman–Crippen MR) is 149 cm³/mol. The lowest BCUT2D eigenvalue weighted by molar-refractivity contribution is -0.129. The maximum Gasteiger partial charge on any atom is 0.223 e. The average Bonchev–Trinajstić information content (AvgIpc) is 2.86. The third-order valence-corrected chi connectivity index (χ3v) is 7.72. The molecule has 0 radical (unpaired) electrons. The molecule has 1 saturated heterocycles. The van der Waals surface area contributed by atoms with Crippen LogP contribution in [0.2, 0.25) is 0 Å². The second-order valence-corrected chi connectivity index (χ2v) is 11.5. The lowest BCUT2D eigenvalue weighted by Gasteiger charge is -2.31. The minimum absolute atomic E-state index is 0.0197. The van der Waals surface area contributed by atoms with E-state index in [0.29, 0.717) is 51.1 Å². The Bertz CT molecular complexity index is 794. The van der Waals surface area contributed by atoms with Gasteiger partial charge in [-0.3, -0.25) is 4.79 Å². The summed E-state index contributed by atoms with van der Waals surface area (Å²) in [5.74, 6) is 1.50. The molecule has 4 atom stereocenters. The van der Waals surface area contributed by atoms with E-state index in [9.17, 15) is 9.90 Å². The van der Waals surface area contributed by atoms with Gasteiger partial charge in [0.25, 0.3) is 0 Å². The van der Waals surface area contributed by atoms with E-state index in [1.165, 1.54) is 5.56 Å². The van der Waals surface area contributed by atoms with Gasteiger partial charge in [-0.15, -0.1) is 0 Å². The highest BCUT2D eigenvalue weighted by Gasteiger charge is 2.31. The van der Waals surface area contributed by atoms with Crippen LogP contribution in [0.4, 0.5) is 0 Å². The molecule has 0 saturated carbocycles. The second-order valence-electron chi connectivity index (χ2n) is 11.5. The van der Waals surface area contributed by atoms with Gasteiger partial charge in [-0.2, -0.15) is 0 Å². The smallest absolute Gasteiger partial charge is 0.223 e. The Kier molecular flexibility index (Phi) is 13.9. The van der Waals surface area contributed by atoms with E-state index < -0.39 is 6.10 Å². The average molecular weight is 521 g/mol. The summed E-state index contributed by atoms with van der Waals surface area (Å²) < 4.78 is 16.5. The number of hydrogen-bond donors (Lipinski definition) is 3. The summed E-state index contributed by atoms with van der Waals surface area (Å²) in [5, 5.41) is 14.2. The number of carbonyl (C=O) groups excluding carboxylic acids is 1. The number of nitrogens with two attached hydrogens (primary N) is 1. The molecule has 1 amide bonds. The van der Waals surface area contributed by atoms with Crippen molar-refractivity contribution in [2.45, 2.75) is 91.3 Å². The van der Waals surface area contributed by atoms with Gasteiger partial charge in [0.05, 0.1) is 12.7 Å². The van der Waals surface area contributed by atoms with Crippen molar-refractivity contribution in [3.63, 3.8) is 0 Å². The third kappa shape index (κ3) is 10.9. The third-order valence-electron chi connectivity index (χ3n) is 7.72.